The molecule has 0 radical (unpaired) electrons. The van der Waals surface area contributed by atoms with Crippen molar-refractivity contribution in [3.05, 3.63) is 28.3 Å². The van der Waals surface area contributed by atoms with Crippen LogP contribution in [0.3, 0.4) is 0 Å². The minimum atomic E-state index is -3.90. The number of nitro groups is 1. The second kappa shape index (κ2) is 5.96. The summed E-state index contributed by atoms with van der Waals surface area (Å²) in [6.45, 7) is 0.429. The summed E-state index contributed by atoms with van der Waals surface area (Å²) < 4.78 is 26.4. The lowest BCUT2D eigenvalue weighted by molar-refractivity contribution is -0.385. The summed E-state index contributed by atoms with van der Waals surface area (Å²) >= 11 is 0. The number of aliphatic hydroxyl groups is 1. The minimum Gasteiger partial charge on any atom is -0.398 e. The van der Waals surface area contributed by atoms with E-state index in [1.165, 1.54) is 16.4 Å². The first-order chi connectivity index (χ1) is 9.86. The van der Waals surface area contributed by atoms with Crippen LogP contribution in [0, 0.1) is 16.0 Å². The Balaban J connectivity index is 2.39. The van der Waals surface area contributed by atoms with Crippen molar-refractivity contribution in [2.75, 3.05) is 25.4 Å². The smallest absolute Gasteiger partial charge is 0.270 e. The van der Waals surface area contributed by atoms with Gasteiger partial charge in [0.15, 0.2) is 0 Å². The number of anilines is 1. The number of nitro benzene ring substituents is 1. The quantitative estimate of drug-likeness (QED) is 0.475. The Morgan fingerprint density at radius 1 is 1.48 bits per heavy atom. The fourth-order valence-electron chi connectivity index (χ4n) is 2.39. The van der Waals surface area contributed by atoms with Crippen molar-refractivity contribution in [1.29, 1.82) is 0 Å². The van der Waals surface area contributed by atoms with Gasteiger partial charge < -0.3 is 10.8 Å². The van der Waals surface area contributed by atoms with E-state index in [0.717, 1.165) is 12.5 Å². The van der Waals surface area contributed by atoms with E-state index in [-0.39, 0.29) is 35.3 Å². The molecule has 8 nitrogen and oxygen atoms in total. The first kappa shape index (κ1) is 15.7. The summed E-state index contributed by atoms with van der Waals surface area (Å²) in [6.07, 6.45) is 1.40. The number of nitrogens with two attached hydrogens (primary N) is 1. The van der Waals surface area contributed by atoms with Gasteiger partial charge in [-0.1, -0.05) is 0 Å². The molecule has 1 unspecified atom stereocenters. The molecule has 0 spiro atoms. The van der Waals surface area contributed by atoms with Crippen LogP contribution in [0.1, 0.15) is 12.8 Å². The van der Waals surface area contributed by atoms with Gasteiger partial charge in [-0.25, -0.2) is 8.42 Å². The fraction of sp³-hybridized carbons (Fsp3) is 0.500. The van der Waals surface area contributed by atoms with Gasteiger partial charge in [-0.15, -0.1) is 0 Å². The maximum absolute atomic E-state index is 12.6. The van der Waals surface area contributed by atoms with Gasteiger partial charge in [0.2, 0.25) is 10.0 Å². The van der Waals surface area contributed by atoms with Crippen molar-refractivity contribution in [2.45, 2.75) is 17.7 Å². The molecule has 0 bridgehead atoms. The Bertz CT molecular complexity index is 646. The summed E-state index contributed by atoms with van der Waals surface area (Å²) in [6, 6.07) is 3.37. The zero-order valence-electron chi connectivity index (χ0n) is 11.3. The largest absolute Gasteiger partial charge is 0.398 e. The van der Waals surface area contributed by atoms with Crippen LogP contribution in [-0.4, -0.2) is 42.4 Å². The van der Waals surface area contributed by atoms with E-state index in [0.29, 0.717) is 13.0 Å². The molecule has 0 aliphatic carbocycles. The Kier molecular flexibility index (Phi) is 4.45. The van der Waals surface area contributed by atoms with Crippen LogP contribution < -0.4 is 5.73 Å². The summed E-state index contributed by atoms with van der Waals surface area (Å²) in [5.74, 6) is -0.117. The second-order valence-electron chi connectivity index (χ2n) is 5.03. The molecule has 0 aromatic heterocycles. The molecule has 1 aliphatic heterocycles. The fourth-order valence-corrected chi connectivity index (χ4v) is 4.08. The minimum absolute atomic E-state index is 0.0216. The maximum Gasteiger partial charge on any atom is 0.270 e. The van der Waals surface area contributed by atoms with Crippen LogP contribution in [0.2, 0.25) is 0 Å². The molecule has 1 saturated heterocycles. The first-order valence-electron chi connectivity index (χ1n) is 6.51. The summed E-state index contributed by atoms with van der Waals surface area (Å²) in [5, 5.41) is 20.0. The molecule has 1 aromatic rings. The number of nitrogens with zero attached hydrogens (tertiary/aromatic N) is 2. The molecular weight excluding hydrogens is 298 g/mol. The molecule has 1 atom stereocenters. The van der Waals surface area contributed by atoms with Crippen molar-refractivity contribution in [1.82, 2.24) is 4.31 Å². The van der Waals surface area contributed by atoms with E-state index in [2.05, 4.69) is 0 Å². The number of nitrogen functional groups attached to an aromatic ring is 1. The summed E-state index contributed by atoms with van der Waals surface area (Å²) in [5.41, 5.74) is 5.33. The van der Waals surface area contributed by atoms with E-state index in [9.17, 15) is 23.6 Å². The molecule has 1 aliphatic rings. The van der Waals surface area contributed by atoms with Gasteiger partial charge >= 0.3 is 0 Å². The topological polar surface area (TPSA) is 127 Å². The van der Waals surface area contributed by atoms with Crippen LogP contribution in [0.4, 0.5) is 11.4 Å². The summed E-state index contributed by atoms with van der Waals surface area (Å²) in [4.78, 5) is 9.87. The van der Waals surface area contributed by atoms with E-state index in [1.54, 1.807) is 0 Å². The number of hydrogen-bond donors (Lipinski definition) is 2. The zero-order chi connectivity index (χ0) is 15.6. The third-order valence-electron chi connectivity index (χ3n) is 3.57. The number of benzene rings is 1. The van der Waals surface area contributed by atoms with Crippen LogP contribution in [0.25, 0.3) is 0 Å². The molecule has 116 valence electrons. The third-order valence-corrected chi connectivity index (χ3v) is 5.49. The van der Waals surface area contributed by atoms with Gasteiger partial charge in [-0.3, -0.25) is 10.1 Å². The van der Waals surface area contributed by atoms with Crippen molar-refractivity contribution < 1.29 is 18.4 Å². The Labute approximate surface area is 122 Å². The normalized spacial score (nSPS) is 20.3. The number of hydrogen-bond acceptors (Lipinski definition) is 6. The van der Waals surface area contributed by atoms with Gasteiger partial charge in [0.25, 0.3) is 5.69 Å². The average Bonchev–Trinajstić information content (AvgIpc) is 2.47. The molecule has 1 aromatic carbocycles. The number of non-ortho nitro benzene ring substituents is 1. The van der Waals surface area contributed by atoms with Crippen molar-refractivity contribution >= 4 is 21.4 Å². The predicted molar refractivity (Wildman–Crippen MR) is 76.1 cm³/mol. The van der Waals surface area contributed by atoms with E-state index in [4.69, 9.17) is 5.73 Å². The molecule has 21 heavy (non-hydrogen) atoms. The van der Waals surface area contributed by atoms with Gasteiger partial charge in [-0.2, -0.15) is 4.31 Å². The Morgan fingerprint density at radius 3 is 2.81 bits per heavy atom. The van der Waals surface area contributed by atoms with E-state index >= 15 is 0 Å². The number of aliphatic hydroxyl groups excluding tert-OH is 1. The molecule has 1 fully saturated rings. The van der Waals surface area contributed by atoms with Gasteiger partial charge in [-0.05, 0) is 24.8 Å². The summed E-state index contributed by atoms with van der Waals surface area (Å²) in [7, 11) is -3.90. The van der Waals surface area contributed by atoms with Crippen molar-refractivity contribution in [2.24, 2.45) is 5.92 Å². The van der Waals surface area contributed by atoms with E-state index in [1.807, 2.05) is 0 Å². The van der Waals surface area contributed by atoms with Gasteiger partial charge in [0.1, 0.15) is 4.90 Å². The van der Waals surface area contributed by atoms with Gasteiger partial charge in [0, 0.05) is 31.8 Å². The van der Waals surface area contributed by atoms with Crippen molar-refractivity contribution in [3.8, 4) is 0 Å². The molecule has 0 saturated carbocycles. The van der Waals surface area contributed by atoms with Crippen LogP contribution in [-0.2, 0) is 10.0 Å². The second-order valence-corrected chi connectivity index (χ2v) is 6.94. The van der Waals surface area contributed by atoms with Crippen LogP contribution >= 0.6 is 0 Å². The molecule has 1 heterocycles. The average molecular weight is 315 g/mol. The molecule has 2 rings (SSSR count). The van der Waals surface area contributed by atoms with E-state index < -0.39 is 14.9 Å². The number of rotatable bonds is 4. The highest BCUT2D eigenvalue weighted by molar-refractivity contribution is 7.89. The highest BCUT2D eigenvalue weighted by atomic mass is 32.2. The molecular formula is C12H17N3O5S. The molecule has 0 amide bonds. The monoisotopic (exact) mass is 315 g/mol. The predicted octanol–water partition coefficient (Wildman–Crippen LogP) is 0.570. The third kappa shape index (κ3) is 3.14. The Hall–Kier alpha value is -1.71. The molecule has 3 N–H and O–H groups in total. The molecule has 9 heteroatoms. The van der Waals surface area contributed by atoms with Crippen LogP contribution in [0.5, 0.6) is 0 Å². The highest BCUT2D eigenvalue weighted by Crippen LogP contribution is 2.29. The number of piperidine rings is 1. The Morgan fingerprint density at radius 2 is 2.19 bits per heavy atom. The number of sulfonamides is 1. The maximum atomic E-state index is 12.6. The lowest BCUT2D eigenvalue weighted by Gasteiger charge is -2.31. The van der Waals surface area contributed by atoms with Gasteiger partial charge in [0.05, 0.1) is 10.6 Å². The standard InChI is InChI=1S/C12H17N3O5S/c13-11-4-3-10(15(17)18)6-12(11)21(19,20)14-5-1-2-9(7-14)8-16/h3-4,6,9,16H,1-2,5,7-8,13H2. The SMILES string of the molecule is Nc1ccc([N+](=O)[O-])cc1S(=O)(=O)N1CCCC(CO)C1. The van der Waals surface area contributed by atoms with Crippen LogP contribution in [0.15, 0.2) is 23.1 Å². The highest BCUT2D eigenvalue weighted by Gasteiger charge is 2.32. The first-order valence-corrected chi connectivity index (χ1v) is 7.95. The van der Waals surface area contributed by atoms with Crippen molar-refractivity contribution in [3.63, 3.8) is 0 Å². The zero-order valence-corrected chi connectivity index (χ0v) is 12.1. The lowest BCUT2D eigenvalue weighted by atomic mass is 10.0. The lowest BCUT2D eigenvalue weighted by Crippen LogP contribution is -2.41.